The van der Waals surface area contributed by atoms with Crippen molar-refractivity contribution in [3.63, 3.8) is 0 Å². The van der Waals surface area contributed by atoms with Gasteiger partial charge >= 0.3 is 0 Å². The van der Waals surface area contributed by atoms with E-state index in [1.165, 1.54) is 11.1 Å². The Morgan fingerprint density at radius 3 is 1.56 bits per heavy atom. The van der Waals surface area contributed by atoms with Crippen LogP contribution in [0.25, 0.3) is 0 Å². The van der Waals surface area contributed by atoms with Crippen LogP contribution in [0.4, 0.5) is 0 Å². The predicted molar refractivity (Wildman–Crippen MR) is 69.2 cm³/mol. The molecule has 0 spiro atoms. The Hall–Kier alpha value is -1.82. The van der Waals surface area contributed by atoms with E-state index in [4.69, 9.17) is 0 Å². The van der Waals surface area contributed by atoms with Gasteiger partial charge in [0.25, 0.3) is 0 Å². The average Bonchev–Trinajstić information content (AvgIpc) is 2.38. The second kappa shape index (κ2) is 5.32. The zero-order valence-corrected chi connectivity index (χ0v) is 9.21. The highest BCUT2D eigenvalue weighted by Crippen LogP contribution is 2.25. The molecule has 0 N–H and O–H groups in total. The molecule has 2 aromatic rings. The highest BCUT2D eigenvalue weighted by atomic mass is 14.1. The van der Waals surface area contributed by atoms with Crippen LogP contribution >= 0.6 is 0 Å². The fraction of sp³-hybridized carbons (Fsp3) is 0.0625. The first-order valence-corrected chi connectivity index (χ1v) is 5.47. The summed E-state index contributed by atoms with van der Waals surface area (Å²) in [6.45, 7) is 3.80. The van der Waals surface area contributed by atoms with Crippen molar-refractivity contribution in [2.45, 2.75) is 5.92 Å². The first-order chi connectivity index (χ1) is 7.92. The van der Waals surface area contributed by atoms with E-state index < -0.39 is 0 Å². The van der Waals surface area contributed by atoms with Gasteiger partial charge in [-0.15, -0.1) is 0 Å². The molecule has 0 unspecified atom stereocenters. The number of hydrogen-bond donors (Lipinski definition) is 0. The lowest BCUT2D eigenvalue weighted by Crippen LogP contribution is -1.96. The third kappa shape index (κ3) is 2.40. The van der Waals surface area contributed by atoms with Crippen molar-refractivity contribution < 1.29 is 0 Å². The molecular formula is C16H15. The Kier molecular flexibility index (Phi) is 3.55. The Morgan fingerprint density at radius 1 is 0.750 bits per heavy atom. The molecule has 16 heavy (non-hydrogen) atoms. The Morgan fingerprint density at radius 2 is 1.19 bits per heavy atom. The van der Waals surface area contributed by atoms with Gasteiger partial charge in [-0.2, -0.15) is 0 Å². The van der Waals surface area contributed by atoms with Crippen LogP contribution in [-0.4, -0.2) is 0 Å². The van der Waals surface area contributed by atoms with E-state index in [0.29, 0.717) is 5.92 Å². The van der Waals surface area contributed by atoms with Gasteiger partial charge in [-0.1, -0.05) is 72.8 Å². The van der Waals surface area contributed by atoms with Gasteiger partial charge in [0, 0.05) is 5.92 Å². The highest BCUT2D eigenvalue weighted by molar-refractivity contribution is 5.36. The number of rotatable bonds is 3. The summed E-state index contributed by atoms with van der Waals surface area (Å²) in [6, 6.07) is 21.0. The summed E-state index contributed by atoms with van der Waals surface area (Å²) in [6.07, 6.45) is 4.00. The fourth-order valence-corrected chi connectivity index (χ4v) is 1.87. The second-order valence-electron chi connectivity index (χ2n) is 3.73. The number of benzene rings is 2. The van der Waals surface area contributed by atoms with Gasteiger partial charge in [0.15, 0.2) is 0 Å². The maximum atomic E-state index is 3.80. The first-order valence-electron chi connectivity index (χ1n) is 5.47. The van der Waals surface area contributed by atoms with Crippen molar-refractivity contribution in [1.29, 1.82) is 0 Å². The normalized spacial score (nSPS) is 11.1. The van der Waals surface area contributed by atoms with Crippen LogP contribution < -0.4 is 0 Å². The van der Waals surface area contributed by atoms with Gasteiger partial charge in [0.05, 0.1) is 0 Å². The van der Waals surface area contributed by atoms with Gasteiger partial charge in [-0.25, -0.2) is 0 Å². The number of allylic oxidation sites excluding steroid dienone is 2. The van der Waals surface area contributed by atoms with Crippen LogP contribution in [0.5, 0.6) is 0 Å². The summed E-state index contributed by atoms with van der Waals surface area (Å²) in [5.41, 5.74) is 2.60. The smallest absolute Gasteiger partial charge is 0.0269 e. The van der Waals surface area contributed by atoms with Crippen LogP contribution in [0.3, 0.4) is 0 Å². The molecule has 0 aromatic heterocycles. The Labute approximate surface area is 97.3 Å². The molecule has 0 saturated heterocycles. The standard InChI is InChI=1S/C16H15/c1-2-9-16(14-10-5-3-6-11-14)15-12-7-4-8-13-15/h2-13,16H,1H2/b9-2+. The molecule has 0 heteroatoms. The molecule has 79 valence electrons. The maximum absolute atomic E-state index is 3.80. The molecular weight excluding hydrogens is 192 g/mol. The summed E-state index contributed by atoms with van der Waals surface area (Å²) < 4.78 is 0. The molecule has 0 atom stereocenters. The van der Waals surface area contributed by atoms with Crippen LogP contribution in [0.2, 0.25) is 0 Å². The SMILES string of the molecule is [CH2]/C=C/C(c1ccccc1)c1ccccc1. The molecule has 1 radical (unpaired) electrons. The molecule has 0 aliphatic carbocycles. The lowest BCUT2D eigenvalue weighted by molar-refractivity contribution is 1.03. The molecule has 0 fully saturated rings. The van der Waals surface area contributed by atoms with Crippen molar-refractivity contribution in [2.24, 2.45) is 0 Å². The average molecular weight is 207 g/mol. The van der Waals surface area contributed by atoms with Gasteiger partial charge in [0.2, 0.25) is 0 Å². The van der Waals surface area contributed by atoms with Crippen LogP contribution in [0, 0.1) is 6.92 Å². The maximum Gasteiger partial charge on any atom is 0.0269 e. The summed E-state index contributed by atoms with van der Waals surface area (Å²) in [5.74, 6) is 0.305. The van der Waals surface area contributed by atoms with Gasteiger partial charge < -0.3 is 0 Å². The zero-order chi connectivity index (χ0) is 11.2. The van der Waals surface area contributed by atoms with E-state index in [1.54, 1.807) is 0 Å². The molecule has 0 aliphatic rings. The summed E-state index contributed by atoms with van der Waals surface area (Å²) in [5, 5.41) is 0. The van der Waals surface area contributed by atoms with Crippen molar-refractivity contribution in [3.05, 3.63) is 90.9 Å². The third-order valence-electron chi connectivity index (χ3n) is 2.65. The lowest BCUT2D eigenvalue weighted by Gasteiger charge is -2.13. The monoisotopic (exact) mass is 207 g/mol. The molecule has 0 heterocycles. The van der Waals surface area contributed by atoms with E-state index in [9.17, 15) is 0 Å². The number of hydrogen-bond acceptors (Lipinski definition) is 0. The van der Waals surface area contributed by atoms with E-state index in [-0.39, 0.29) is 0 Å². The van der Waals surface area contributed by atoms with Crippen LogP contribution in [0.15, 0.2) is 72.8 Å². The zero-order valence-electron chi connectivity index (χ0n) is 9.21. The largest absolute Gasteiger partial charge is 0.0873 e. The molecule has 0 nitrogen and oxygen atoms in total. The molecule has 0 bridgehead atoms. The van der Waals surface area contributed by atoms with Gasteiger partial charge in [-0.05, 0) is 18.1 Å². The van der Waals surface area contributed by atoms with Gasteiger partial charge in [-0.3, -0.25) is 0 Å². The second-order valence-corrected chi connectivity index (χ2v) is 3.73. The third-order valence-corrected chi connectivity index (χ3v) is 2.65. The van der Waals surface area contributed by atoms with E-state index in [1.807, 2.05) is 18.2 Å². The highest BCUT2D eigenvalue weighted by Gasteiger charge is 2.08. The minimum Gasteiger partial charge on any atom is -0.0873 e. The fourth-order valence-electron chi connectivity index (χ4n) is 1.87. The summed E-state index contributed by atoms with van der Waals surface area (Å²) in [7, 11) is 0. The first kappa shape index (κ1) is 10.7. The van der Waals surface area contributed by atoms with Crippen molar-refractivity contribution >= 4 is 0 Å². The van der Waals surface area contributed by atoms with Crippen molar-refractivity contribution in [1.82, 2.24) is 0 Å². The van der Waals surface area contributed by atoms with E-state index >= 15 is 0 Å². The minimum absolute atomic E-state index is 0.305. The Balaban J connectivity index is 2.39. The topological polar surface area (TPSA) is 0 Å². The summed E-state index contributed by atoms with van der Waals surface area (Å²) in [4.78, 5) is 0. The molecule has 0 aliphatic heterocycles. The molecule has 0 saturated carbocycles. The van der Waals surface area contributed by atoms with Crippen molar-refractivity contribution in [3.8, 4) is 0 Å². The lowest BCUT2D eigenvalue weighted by atomic mass is 9.91. The quantitative estimate of drug-likeness (QED) is 0.707. The molecule has 2 aromatic carbocycles. The van der Waals surface area contributed by atoms with Crippen molar-refractivity contribution in [2.75, 3.05) is 0 Å². The van der Waals surface area contributed by atoms with Gasteiger partial charge in [0.1, 0.15) is 0 Å². The molecule has 2 rings (SSSR count). The van der Waals surface area contributed by atoms with Crippen LogP contribution in [-0.2, 0) is 0 Å². The van der Waals surface area contributed by atoms with Crippen LogP contribution in [0.1, 0.15) is 17.0 Å². The molecule has 0 amide bonds. The van der Waals surface area contributed by atoms with E-state index in [0.717, 1.165) is 0 Å². The Bertz CT molecular complexity index is 400. The minimum atomic E-state index is 0.305. The summed E-state index contributed by atoms with van der Waals surface area (Å²) >= 11 is 0. The predicted octanol–water partition coefficient (Wildman–Crippen LogP) is 4.21. The van der Waals surface area contributed by atoms with E-state index in [2.05, 4.69) is 61.5 Å².